The summed E-state index contributed by atoms with van der Waals surface area (Å²) in [6.45, 7) is 6.85. The second kappa shape index (κ2) is 9.53. The van der Waals surface area contributed by atoms with E-state index in [1.165, 1.54) is 36.8 Å². The van der Waals surface area contributed by atoms with Crippen molar-refractivity contribution in [1.29, 1.82) is 0 Å². The lowest BCUT2D eigenvalue weighted by molar-refractivity contribution is 0.0000940. The van der Waals surface area contributed by atoms with Gasteiger partial charge in [-0.1, -0.05) is 30.9 Å². The van der Waals surface area contributed by atoms with Crippen molar-refractivity contribution in [3.63, 3.8) is 0 Å². The highest BCUT2D eigenvalue weighted by Crippen LogP contribution is 2.41. The van der Waals surface area contributed by atoms with Crippen LogP contribution in [0.2, 0.25) is 5.02 Å². The van der Waals surface area contributed by atoms with Crippen molar-refractivity contribution < 1.29 is 4.74 Å². The Hall–Kier alpha value is -0.520. The second-order valence-electron chi connectivity index (χ2n) is 9.44. The van der Waals surface area contributed by atoms with Gasteiger partial charge in [0.1, 0.15) is 10.0 Å². The van der Waals surface area contributed by atoms with Crippen molar-refractivity contribution in [2.45, 2.75) is 101 Å². The van der Waals surface area contributed by atoms with Gasteiger partial charge >= 0.3 is 0 Å². The van der Waals surface area contributed by atoms with Gasteiger partial charge in [-0.15, -0.1) is 11.8 Å². The van der Waals surface area contributed by atoms with E-state index in [4.69, 9.17) is 16.3 Å². The zero-order valence-electron chi connectivity index (χ0n) is 17.8. The Morgan fingerprint density at radius 2 is 1.75 bits per heavy atom. The summed E-state index contributed by atoms with van der Waals surface area (Å²) in [5.41, 5.74) is 0.439. The molecular formula is C22H35ClN2O2S. The van der Waals surface area contributed by atoms with Crippen molar-refractivity contribution in [1.82, 2.24) is 9.78 Å². The third-order valence-corrected chi connectivity index (χ3v) is 7.29. The van der Waals surface area contributed by atoms with E-state index in [1.807, 2.05) is 27.0 Å². The maximum atomic E-state index is 12.8. The van der Waals surface area contributed by atoms with Gasteiger partial charge in [0.05, 0.1) is 11.6 Å². The van der Waals surface area contributed by atoms with E-state index in [9.17, 15) is 4.79 Å². The maximum Gasteiger partial charge on any atom is 0.286 e. The molecule has 0 bridgehead atoms. The van der Waals surface area contributed by atoms with Crippen LogP contribution in [0.4, 0.5) is 0 Å². The molecule has 0 aromatic carbocycles. The molecule has 0 aliphatic heterocycles. The highest BCUT2D eigenvalue weighted by molar-refractivity contribution is 7.98. The van der Waals surface area contributed by atoms with Gasteiger partial charge < -0.3 is 4.74 Å². The molecule has 28 heavy (non-hydrogen) atoms. The van der Waals surface area contributed by atoms with Crippen molar-refractivity contribution in [3.8, 4) is 0 Å². The number of hydrogen-bond donors (Lipinski definition) is 0. The molecule has 0 N–H and O–H groups in total. The Balaban J connectivity index is 1.66. The Labute approximate surface area is 178 Å². The molecule has 0 unspecified atom stereocenters. The van der Waals surface area contributed by atoms with Crippen molar-refractivity contribution in [2.24, 2.45) is 5.92 Å². The number of halogens is 1. The van der Waals surface area contributed by atoms with Gasteiger partial charge in [0, 0.05) is 12.2 Å². The number of aromatic nitrogens is 2. The van der Waals surface area contributed by atoms with Gasteiger partial charge in [0.15, 0.2) is 0 Å². The van der Waals surface area contributed by atoms with Gasteiger partial charge in [-0.05, 0) is 77.4 Å². The number of thioether (sulfide) groups is 1. The first kappa shape index (κ1) is 22.2. The van der Waals surface area contributed by atoms with Crippen LogP contribution in [0.3, 0.4) is 0 Å². The predicted octanol–water partition coefficient (Wildman–Crippen LogP) is 6.00. The van der Waals surface area contributed by atoms with Crippen LogP contribution in [0.5, 0.6) is 0 Å². The molecule has 0 spiro atoms. The minimum atomic E-state index is -0.377. The lowest BCUT2D eigenvalue weighted by atomic mass is 9.79. The Morgan fingerprint density at radius 3 is 2.32 bits per heavy atom. The van der Waals surface area contributed by atoms with Crippen LogP contribution in [-0.4, -0.2) is 28.7 Å². The van der Waals surface area contributed by atoms with Crippen LogP contribution in [-0.2, 0) is 10.3 Å². The molecule has 6 heteroatoms. The first-order chi connectivity index (χ1) is 13.3. The minimum Gasteiger partial charge on any atom is -0.378 e. The minimum absolute atomic E-state index is 0.162. The molecular weight excluding hydrogens is 392 g/mol. The maximum absolute atomic E-state index is 12.8. The number of ether oxygens (including phenoxy) is 1. The van der Waals surface area contributed by atoms with Crippen molar-refractivity contribution in [2.75, 3.05) is 12.9 Å². The van der Waals surface area contributed by atoms with Crippen LogP contribution < -0.4 is 5.56 Å². The van der Waals surface area contributed by atoms with Crippen LogP contribution in [0.25, 0.3) is 0 Å². The Bertz CT molecular complexity index is 714. The van der Waals surface area contributed by atoms with Crippen molar-refractivity contribution in [3.05, 3.63) is 20.9 Å². The number of rotatable bonds is 5. The van der Waals surface area contributed by atoms with E-state index in [0.717, 1.165) is 42.9 Å². The highest BCUT2D eigenvalue weighted by atomic mass is 35.5. The molecule has 1 aromatic rings. The quantitative estimate of drug-likeness (QED) is 0.542. The standard InChI is InChI=1S/C22H35ClN2O2S/c1-22(2,3)25-21(26)19(23)18(20(24-25)28-4)16-12-10-15(11-13-16)14-27-17-8-6-5-7-9-17/h15-17H,5-14H2,1-4H3. The fourth-order valence-electron chi connectivity index (χ4n) is 4.57. The summed E-state index contributed by atoms with van der Waals surface area (Å²) in [4.78, 5) is 12.8. The van der Waals surface area contributed by atoms with E-state index in [1.54, 1.807) is 11.8 Å². The SMILES string of the molecule is CSc1nn(C(C)(C)C)c(=O)c(Cl)c1C1CCC(COC2CCCCC2)CC1. The number of nitrogens with zero attached hydrogens (tertiary/aromatic N) is 2. The zero-order valence-corrected chi connectivity index (χ0v) is 19.4. The fraction of sp³-hybridized carbons (Fsp3) is 0.818. The predicted molar refractivity (Wildman–Crippen MR) is 118 cm³/mol. The Kier molecular flexibility index (Phi) is 7.54. The second-order valence-corrected chi connectivity index (χ2v) is 10.6. The fourth-order valence-corrected chi connectivity index (χ4v) is 5.61. The summed E-state index contributed by atoms with van der Waals surface area (Å²) < 4.78 is 7.74. The van der Waals surface area contributed by atoms with Crippen LogP contribution in [0.15, 0.2) is 9.82 Å². The molecule has 2 fully saturated rings. The van der Waals surface area contributed by atoms with E-state index in [-0.39, 0.29) is 11.1 Å². The average molecular weight is 427 g/mol. The van der Waals surface area contributed by atoms with Crippen LogP contribution in [0, 0.1) is 5.92 Å². The summed E-state index contributed by atoms with van der Waals surface area (Å²) in [6.07, 6.45) is 13.4. The topological polar surface area (TPSA) is 44.1 Å². The lowest BCUT2D eigenvalue weighted by Gasteiger charge is -2.32. The van der Waals surface area contributed by atoms with Crippen LogP contribution in [0.1, 0.15) is 90.0 Å². The van der Waals surface area contributed by atoms with E-state index >= 15 is 0 Å². The summed E-state index contributed by atoms with van der Waals surface area (Å²) in [5, 5.41) is 5.95. The summed E-state index contributed by atoms with van der Waals surface area (Å²) in [5.74, 6) is 0.966. The van der Waals surface area contributed by atoms with E-state index < -0.39 is 0 Å². The molecule has 2 saturated carbocycles. The average Bonchev–Trinajstić information content (AvgIpc) is 2.68. The molecule has 1 aromatic heterocycles. The molecule has 158 valence electrons. The van der Waals surface area contributed by atoms with E-state index in [2.05, 4.69) is 5.10 Å². The third kappa shape index (κ3) is 5.14. The molecule has 0 radical (unpaired) electrons. The summed E-state index contributed by atoms with van der Waals surface area (Å²) in [7, 11) is 0. The zero-order chi connectivity index (χ0) is 20.3. The van der Waals surface area contributed by atoms with Gasteiger partial charge in [-0.25, -0.2) is 4.68 Å². The molecule has 0 atom stereocenters. The summed E-state index contributed by atoms with van der Waals surface area (Å²) >= 11 is 8.20. The van der Waals surface area contributed by atoms with Crippen molar-refractivity contribution >= 4 is 23.4 Å². The lowest BCUT2D eigenvalue weighted by Crippen LogP contribution is -2.37. The highest BCUT2D eigenvalue weighted by Gasteiger charge is 2.30. The first-order valence-corrected chi connectivity index (χ1v) is 12.4. The van der Waals surface area contributed by atoms with Crippen LogP contribution >= 0.6 is 23.4 Å². The van der Waals surface area contributed by atoms with Gasteiger partial charge in [-0.3, -0.25) is 4.79 Å². The van der Waals surface area contributed by atoms with E-state index in [0.29, 0.717) is 23.0 Å². The molecule has 2 aliphatic carbocycles. The van der Waals surface area contributed by atoms with Gasteiger partial charge in [0.2, 0.25) is 0 Å². The monoisotopic (exact) mass is 426 g/mol. The largest absolute Gasteiger partial charge is 0.378 e. The third-order valence-electron chi connectivity index (χ3n) is 6.24. The molecule has 1 heterocycles. The van der Waals surface area contributed by atoms with Gasteiger partial charge in [0.25, 0.3) is 5.56 Å². The smallest absolute Gasteiger partial charge is 0.286 e. The van der Waals surface area contributed by atoms with Gasteiger partial charge in [-0.2, -0.15) is 5.10 Å². The Morgan fingerprint density at radius 1 is 1.11 bits per heavy atom. The molecule has 0 amide bonds. The molecule has 3 rings (SSSR count). The molecule has 0 saturated heterocycles. The summed E-state index contributed by atoms with van der Waals surface area (Å²) in [6, 6.07) is 0. The normalized spacial score (nSPS) is 24.5. The number of hydrogen-bond acceptors (Lipinski definition) is 4. The molecule has 4 nitrogen and oxygen atoms in total. The molecule has 2 aliphatic rings. The first-order valence-electron chi connectivity index (χ1n) is 10.8.